The second-order valence-corrected chi connectivity index (χ2v) is 9.10. The summed E-state index contributed by atoms with van der Waals surface area (Å²) in [5, 5.41) is 0. The Labute approximate surface area is 214 Å². The molecule has 2 aromatic carbocycles. The summed E-state index contributed by atoms with van der Waals surface area (Å²) in [6.45, 7) is 2.78. The molecule has 0 aromatic heterocycles. The molecule has 2 aliphatic rings. The number of ether oxygens (including phenoxy) is 3. The van der Waals surface area contributed by atoms with Gasteiger partial charge in [0, 0.05) is 5.56 Å². The number of hydrogen-bond donors (Lipinski definition) is 0. The number of likely N-dealkylation sites (tertiary alicyclic amines) is 1. The van der Waals surface area contributed by atoms with Crippen molar-refractivity contribution >= 4 is 29.5 Å². The quantitative estimate of drug-likeness (QED) is 0.176. The Morgan fingerprint density at radius 3 is 2.38 bits per heavy atom. The number of allylic oxidation sites excluding steroid dienone is 2. The number of esters is 2. The van der Waals surface area contributed by atoms with Gasteiger partial charge in [0.05, 0.1) is 24.5 Å². The largest absolute Gasteiger partial charge is 0.497 e. The van der Waals surface area contributed by atoms with Crippen LogP contribution in [-0.2, 0) is 19.1 Å². The highest BCUT2D eigenvalue weighted by Crippen LogP contribution is 2.38. The van der Waals surface area contributed by atoms with Crippen molar-refractivity contribution < 1.29 is 38.2 Å². The summed E-state index contributed by atoms with van der Waals surface area (Å²) in [6.07, 6.45) is 2.92. The van der Waals surface area contributed by atoms with Crippen LogP contribution in [0.1, 0.15) is 47.4 Å². The number of imide groups is 1. The number of hydrogen-bond acceptors (Lipinski definition) is 8. The maximum absolute atomic E-state index is 12.8. The van der Waals surface area contributed by atoms with E-state index < -0.39 is 42.2 Å². The molecule has 3 atom stereocenters. The highest BCUT2D eigenvalue weighted by atomic mass is 16.5. The van der Waals surface area contributed by atoms with Crippen molar-refractivity contribution in [3.63, 3.8) is 0 Å². The van der Waals surface area contributed by atoms with Crippen LogP contribution >= 0.6 is 0 Å². The van der Waals surface area contributed by atoms with Crippen LogP contribution in [0.25, 0.3) is 0 Å². The summed E-state index contributed by atoms with van der Waals surface area (Å²) in [4.78, 5) is 64.0. The van der Waals surface area contributed by atoms with E-state index in [0.717, 1.165) is 10.5 Å². The molecule has 0 bridgehead atoms. The van der Waals surface area contributed by atoms with Crippen LogP contribution in [0.3, 0.4) is 0 Å². The van der Waals surface area contributed by atoms with Gasteiger partial charge in [-0.2, -0.15) is 0 Å². The Balaban J connectivity index is 1.31. The number of Topliss-reactive ketones (excluding diaryl/α,β-unsaturated/α-hetero) is 1. The predicted octanol–water partition coefficient (Wildman–Crippen LogP) is 3.37. The Bertz CT molecular complexity index is 1280. The van der Waals surface area contributed by atoms with Crippen molar-refractivity contribution in [2.24, 2.45) is 11.8 Å². The summed E-state index contributed by atoms with van der Waals surface area (Å²) in [5.41, 5.74) is 1.59. The minimum Gasteiger partial charge on any atom is -0.497 e. The van der Waals surface area contributed by atoms with E-state index in [9.17, 15) is 24.0 Å². The van der Waals surface area contributed by atoms with Crippen molar-refractivity contribution in [3.8, 4) is 11.5 Å². The zero-order valence-electron chi connectivity index (χ0n) is 20.8. The van der Waals surface area contributed by atoms with E-state index in [0.29, 0.717) is 24.2 Å². The van der Waals surface area contributed by atoms with Crippen LogP contribution in [0, 0.1) is 11.8 Å². The normalized spacial score (nSPS) is 19.5. The van der Waals surface area contributed by atoms with Crippen LogP contribution < -0.4 is 9.47 Å². The van der Waals surface area contributed by atoms with Crippen LogP contribution in [0.2, 0.25) is 0 Å². The first-order chi connectivity index (χ1) is 17.7. The first-order valence-electron chi connectivity index (χ1n) is 11.9. The van der Waals surface area contributed by atoms with Crippen molar-refractivity contribution in [1.29, 1.82) is 0 Å². The van der Waals surface area contributed by atoms with Crippen molar-refractivity contribution in [2.45, 2.75) is 32.7 Å². The fourth-order valence-electron chi connectivity index (χ4n) is 4.52. The SMILES string of the molecule is COc1cccc(C(=O)Oc2ccc(C(=O)COC(=O)C(C)N3C(=O)C4CC=C(C)CC4C3=O)cc2)c1. The third-order valence-electron chi connectivity index (χ3n) is 6.62. The average molecular weight is 506 g/mol. The Morgan fingerprint density at radius 1 is 0.973 bits per heavy atom. The molecular formula is C28H27NO8. The number of amides is 2. The summed E-state index contributed by atoms with van der Waals surface area (Å²) in [7, 11) is 1.49. The zero-order valence-corrected chi connectivity index (χ0v) is 20.8. The maximum Gasteiger partial charge on any atom is 0.343 e. The van der Waals surface area contributed by atoms with Crippen LogP contribution in [0.4, 0.5) is 0 Å². The van der Waals surface area contributed by atoms with Crippen LogP contribution in [0.5, 0.6) is 11.5 Å². The van der Waals surface area contributed by atoms with E-state index in [-0.39, 0.29) is 23.1 Å². The number of fused-ring (bicyclic) bond motifs is 1. The van der Waals surface area contributed by atoms with Gasteiger partial charge in [0.2, 0.25) is 11.8 Å². The number of carbonyl (C=O) groups excluding carboxylic acids is 5. The van der Waals surface area contributed by atoms with Gasteiger partial charge in [-0.05, 0) is 69.2 Å². The van der Waals surface area contributed by atoms with E-state index in [1.807, 2.05) is 13.0 Å². The van der Waals surface area contributed by atoms with Crippen molar-refractivity contribution in [2.75, 3.05) is 13.7 Å². The fourth-order valence-corrected chi connectivity index (χ4v) is 4.52. The lowest BCUT2D eigenvalue weighted by molar-refractivity contribution is -0.157. The molecule has 2 amide bonds. The standard InChI is InChI=1S/C28H27NO8/c1-16-7-12-22-23(13-16)26(32)29(25(22)31)17(2)27(33)36-15-24(30)18-8-10-20(11-9-18)37-28(34)19-5-4-6-21(14-19)35-3/h4-11,14,17,22-23H,12-13,15H2,1-3H3. The lowest BCUT2D eigenvalue weighted by Gasteiger charge is -2.21. The fraction of sp³-hybridized carbons (Fsp3) is 0.321. The molecule has 3 unspecified atom stereocenters. The second-order valence-electron chi connectivity index (χ2n) is 9.10. The average Bonchev–Trinajstić information content (AvgIpc) is 3.15. The number of methoxy groups -OCH3 is 1. The molecule has 9 heteroatoms. The zero-order chi connectivity index (χ0) is 26.7. The minimum absolute atomic E-state index is 0.229. The summed E-state index contributed by atoms with van der Waals surface area (Å²) in [5.74, 6) is -2.82. The first kappa shape index (κ1) is 25.8. The van der Waals surface area contributed by atoms with Gasteiger partial charge in [-0.15, -0.1) is 0 Å². The molecule has 4 rings (SSSR count). The second kappa shape index (κ2) is 10.8. The van der Waals surface area contributed by atoms with Crippen LogP contribution in [-0.4, -0.2) is 54.2 Å². The smallest absolute Gasteiger partial charge is 0.343 e. The molecule has 1 aliphatic heterocycles. The molecule has 0 radical (unpaired) electrons. The summed E-state index contributed by atoms with van der Waals surface area (Å²) in [6, 6.07) is 11.2. The molecule has 2 aromatic rings. The van der Waals surface area contributed by atoms with E-state index in [1.54, 1.807) is 24.3 Å². The lowest BCUT2D eigenvalue weighted by Crippen LogP contribution is -2.44. The Kier molecular flexibility index (Phi) is 7.52. The van der Waals surface area contributed by atoms with E-state index in [4.69, 9.17) is 14.2 Å². The molecule has 0 saturated carbocycles. The number of carbonyl (C=O) groups is 5. The van der Waals surface area contributed by atoms with E-state index in [2.05, 4.69) is 0 Å². The predicted molar refractivity (Wildman–Crippen MR) is 131 cm³/mol. The molecule has 192 valence electrons. The highest BCUT2D eigenvalue weighted by molar-refractivity contribution is 6.08. The Morgan fingerprint density at radius 2 is 1.68 bits per heavy atom. The van der Waals surface area contributed by atoms with Gasteiger partial charge in [0.1, 0.15) is 17.5 Å². The summed E-state index contributed by atoms with van der Waals surface area (Å²) < 4.78 is 15.6. The molecule has 1 aliphatic carbocycles. The topological polar surface area (TPSA) is 116 Å². The monoisotopic (exact) mass is 505 g/mol. The molecule has 0 spiro atoms. The minimum atomic E-state index is -1.13. The van der Waals surface area contributed by atoms with Gasteiger partial charge in [-0.3, -0.25) is 19.3 Å². The lowest BCUT2D eigenvalue weighted by atomic mass is 9.82. The van der Waals surface area contributed by atoms with Gasteiger partial charge in [0.15, 0.2) is 12.4 Å². The highest BCUT2D eigenvalue weighted by Gasteiger charge is 2.51. The maximum atomic E-state index is 12.8. The van der Waals surface area contributed by atoms with Crippen molar-refractivity contribution in [3.05, 3.63) is 71.3 Å². The van der Waals surface area contributed by atoms with Gasteiger partial charge in [0.25, 0.3) is 0 Å². The molecule has 1 heterocycles. The van der Waals surface area contributed by atoms with Crippen LogP contribution in [0.15, 0.2) is 60.2 Å². The van der Waals surface area contributed by atoms with Crippen molar-refractivity contribution in [1.82, 2.24) is 4.90 Å². The molecule has 1 saturated heterocycles. The van der Waals surface area contributed by atoms with E-state index >= 15 is 0 Å². The first-order valence-corrected chi connectivity index (χ1v) is 11.9. The molecule has 37 heavy (non-hydrogen) atoms. The third kappa shape index (κ3) is 5.45. The number of benzene rings is 2. The van der Waals surface area contributed by atoms with E-state index in [1.165, 1.54) is 38.3 Å². The molecule has 1 fully saturated rings. The molecule has 9 nitrogen and oxygen atoms in total. The van der Waals surface area contributed by atoms with Gasteiger partial charge in [-0.1, -0.05) is 17.7 Å². The number of nitrogens with zero attached hydrogens (tertiary/aromatic N) is 1. The Hall–Kier alpha value is -4.27. The van der Waals surface area contributed by atoms with Gasteiger partial charge >= 0.3 is 11.9 Å². The molecule has 0 N–H and O–H groups in total. The number of rotatable bonds is 8. The molecular weight excluding hydrogens is 478 g/mol. The third-order valence-corrected chi connectivity index (χ3v) is 6.62. The van der Waals surface area contributed by atoms with Gasteiger partial charge < -0.3 is 14.2 Å². The summed E-state index contributed by atoms with van der Waals surface area (Å²) >= 11 is 0. The number of ketones is 1. The van der Waals surface area contributed by atoms with Gasteiger partial charge in [-0.25, -0.2) is 9.59 Å².